The van der Waals surface area contributed by atoms with Crippen molar-refractivity contribution in [2.75, 3.05) is 11.9 Å². The number of amides is 1. The number of hydrogen-bond acceptors (Lipinski definition) is 11. The minimum Gasteiger partial charge on any atom is -0.480 e. The van der Waals surface area contributed by atoms with Crippen LogP contribution in [0.25, 0.3) is 22.0 Å². The van der Waals surface area contributed by atoms with Gasteiger partial charge in [-0.2, -0.15) is 14.6 Å². The minimum atomic E-state index is -1.37. The van der Waals surface area contributed by atoms with Crippen LogP contribution >= 0.6 is 11.3 Å². The van der Waals surface area contributed by atoms with Crippen LogP contribution in [0.2, 0.25) is 0 Å². The summed E-state index contributed by atoms with van der Waals surface area (Å²) in [6.45, 7) is 2.29. The summed E-state index contributed by atoms with van der Waals surface area (Å²) < 4.78 is 42.5. The topological polar surface area (TPSA) is 189 Å². The van der Waals surface area contributed by atoms with Crippen LogP contribution in [0.3, 0.4) is 0 Å². The van der Waals surface area contributed by atoms with Gasteiger partial charge in [-0.05, 0) is 44.7 Å². The van der Waals surface area contributed by atoms with Crippen molar-refractivity contribution in [2.45, 2.75) is 63.9 Å². The SMILES string of the molecule is CCO[C@H]1CC[C@H](n2cc(NC(=O)c3csc(-c4cnn(COC(=O)C[C@@H](N)C(=O)O)c4)n3)c(-c3nc(F)ccc3F)n2)CC1. The van der Waals surface area contributed by atoms with Gasteiger partial charge in [-0.15, -0.1) is 11.3 Å². The molecule has 1 atom stereocenters. The van der Waals surface area contributed by atoms with Crippen molar-refractivity contribution in [1.82, 2.24) is 29.5 Å². The third-order valence-corrected chi connectivity index (χ3v) is 8.01. The van der Waals surface area contributed by atoms with Crippen LogP contribution in [0.5, 0.6) is 0 Å². The molecular weight excluding hydrogens is 614 g/mol. The van der Waals surface area contributed by atoms with Gasteiger partial charge in [0.05, 0.1) is 30.5 Å². The number of ether oxygens (including phenoxy) is 2. The summed E-state index contributed by atoms with van der Waals surface area (Å²) in [5.74, 6) is -4.41. The number of nitrogens with two attached hydrogens (primary N) is 1. The zero-order valence-corrected chi connectivity index (χ0v) is 24.9. The number of nitrogens with one attached hydrogen (secondary N) is 1. The van der Waals surface area contributed by atoms with Crippen molar-refractivity contribution in [3.05, 3.63) is 53.6 Å². The molecule has 17 heteroatoms. The number of anilines is 1. The third-order valence-electron chi connectivity index (χ3n) is 7.12. The molecule has 1 amide bonds. The van der Waals surface area contributed by atoms with Crippen molar-refractivity contribution in [1.29, 1.82) is 0 Å². The van der Waals surface area contributed by atoms with E-state index in [1.165, 1.54) is 22.5 Å². The molecule has 238 valence electrons. The van der Waals surface area contributed by atoms with Gasteiger partial charge in [0.2, 0.25) is 5.95 Å². The second-order valence-electron chi connectivity index (χ2n) is 10.3. The average molecular weight is 645 g/mol. The quantitative estimate of drug-likeness (QED) is 0.151. The lowest BCUT2D eigenvalue weighted by Crippen LogP contribution is -2.33. The van der Waals surface area contributed by atoms with Crippen molar-refractivity contribution in [3.63, 3.8) is 0 Å². The third kappa shape index (κ3) is 7.73. The van der Waals surface area contributed by atoms with Gasteiger partial charge >= 0.3 is 11.9 Å². The molecule has 0 aliphatic heterocycles. The van der Waals surface area contributed by atoms with Gasteiger partial charge in [-0.25, -0.2) is 19.0 Å². The number of nitrogens with zero attached hydrogens (tertiary/aromatic N) is 6. The Morgan fingerprint density at radius 1 is 1.16 bits per heavy atom. The maximum atomic E-state index is 14.8. The van der Waals surface area contributed by atoms with Crippen LogP contribution < -0.4 is 11.1 Å². The maximum absolute atomic E-state index is 14.8. The fraction of sp³-hybridized carbons (Fsp3) is 0.393. The number of thiazole rings is 1. The summed E-state index contributed by atoms with van der Waals surface area (Å²) in [7, 11) is 0. The van der Waals surface area contributed by atoms with E-state index in [1.54, 1.807) is 10.9 Å². The summed E-state index contributed by atoms with van der Waals surface area (Å²) in [5.41, 5.74) is 5.73. The normalized spacial score (nSPS) is 17.2. The van der Waals surface area contributed by atoms with Crippen molar-refractivity contribution >= 4 is 34.9 Å². The van der Waals surface area contributed by atoms with Crippen LogP contribution in [0, 0.1) is 11.8 Å². The summed E-state index contributed by atoms with van der Waals surface area (Å²) in [6.07, 6.45) is 7.41. The molecule has 0 saturated heterocycles. The lowest BCUT2D eigenvalue weighted by molar-refractivity contribution is -0.152. The number of hydrogen-bond donors (Lipinski definition) is 3. The van der Waals surface area contributed by atoms with Gasteiger partial charge in [-0.3, -0.25) is 19.1 Å². The molecule has 4 heterocycles. The largest absolute Gasteiger partial charge is 0.480 e. The van der Waals surface area contributed by atoms with E-state index in [9.17, 15) is 23.2 Å². The van der Waals surface area contributed by atoms with Gasteiger partial charge in [0.25, 0.3) is 5.91 Å². The van der Waals surface area contributed by atoms with Crippen LogP contribution in [0.4, 0.5) is 14.5 Å². The van der Waals surface area contributed by atoms with Gasteiger partial charge in [0.1, 0.15) is 28.1 Å². The number of rotatable bonds is 12. The van der Waals surface area contributed by atoms with Gasteiger partial charge in [-0.1, -0.05) is 0 Å². The molecule has 0 spiro atoms. The van der Waals surface area contributed by atoms with Gasteiger partial charge in [0.15, 0.2) is 12.5 Å². The average Bonchev–Trinajstić information content (AvgIpc) is 3.78. The highest BCUT2D eigenvalue weighted by molar-refractivity contribution is 7.13. The smallest absolute Gasteiger partial charge is 0.321 e. The molecular formula is C28H30F2N8O6S. The number of aliphatic carboxylic acids is 1. The monoisotopic (exact) mass is 644 g/mol. The van der Waals surface area contributed by atoms with Crippen LogP contribution in [-0.4, -0.2) is 71.2 Å². The Hall–Kier alpha value is -4.61. The molecule has 0 radical (unpaired) electrons. The summed E-state index contributed by atoms with van der Waals surface area (Å²) in [6, 6.07) is 0.453. The number of halogens is 2. The number of carbonyl (C=O) groups excluding carboxylic acids is 2. The van der Waals surface area contributed by atoms with Crippen LogP contribution in [0.1, 0.15) is 55.6 Å². The first kappa shape index (κ1) is 31.8. The van der Waals surface area contributed by atoms with E-state index in [4.69, 9.17) is 20.3 Å². The zero-order chi connectivity index (χ0) is 32.1. The number of carboxylic acid groups (broad SMARTS) is 1. The van der Waals surface area contributed by atoms with E-state index in [0.717, 1.165) is 49.2 Å². The molecule has 14 nitrogen and oxygen atoms in total. The Morgan fingerprint density at radius 2 is 1.93 bits per heavy atom. The molecule has 0 unspecified atom stereocenters. The molecule has 4 aromatic heterocycles. The highest BCUT2D eigenvalue weighted by Gasteiger charge is 2.27. The van der Waals surface area contributed by atoms with E-state index < -0.39 is 42.1 Å². The van der Waals surface area contributed by atoms with E-state index in [-0.39, 0.29) is 41.6 Å². The number of carboxylic acids is 1. The summed E-state index contributed by atoms with van der Waals surface area (Å²) in [5, 5.41) is 22.1. The van der Waals surface area contributed by atoms with E-state index >= 15 is 0 Å². The molecule has 1 aliphatic rings. The van der Waals surface area contributed by atoms with Crippen LogP contribution in [0.15, 0.2) is 36.1 Å². The first-order chi connectivity index (χ1) is 21.6. The number of carbonyl (C=O) groups is 3. The molecule has 4 N–H and O–H groups in total. The molecule has 5 rings (SSSR count). The maximum Gasteiger partial charge on any atom is 0.321 e. The summed E-state index contributed by atoms with van der Waals surface area (Å²) in [4.78, 5) is 43.9. The Kier molecular flexibility index (Phi) is 9.90. The Balaban J connectivity index is 1.30. The number of aromatic nitrogens is 6. The summed E-state index contributed by atoms with van der Waals surface area (Å²) >= 11 is 1.16. The van der Waals surface area contributed by atoms with Crippen molar-refractivity contribution in [2.24, 2.45) is 5.73 Å². The molecule has 1 fully saturated rings. The number of pyridine rings is 1. The van der Waals surface area contributed by atoms with Crippen molar-refractivity contribution < 1.29 is 37.7 Å². The molecule has 0 aromatic carbocycles. The van der Waals surface area contributed by atoms with Crippen LogP contribution in [-0.2, 0) is 25.8 Å². The molecule has 45 heavy (non-hydrogen) atoms. The fourth-order valence-corrected chi connectivity index (χ4v) is 5.62. The van der Waals surface area contributed by atoms with E-state index in [1.807, 2.05) is 6.92 Å². The molecule has 0 bridgehead atoms. The zero-order valence-electron chi connectivity index (χ0n) is 24.1. The standard InChI is InChI=1S/C28H30F2N8O6S/c1-2-43-17-5-3-16(4-6-17)38-12-20(25(36-38)24-18(29)7-8-22(30)35-24)33-26(40)21-13-45-27(34-21)15-10-32-37(11-15)14-44-23(39)9-19(31)28(41)42/h7-8,10-13,16-17,19H,2-6,9,14,31H2,1H3,(H,33,40)(H,41,42)/t16-,17-,19-/m1/s1. The first-order valence-corrected chi connectivity index (χ1v) is 15.0. The Bertz CT molecular complexity index is 1680. The number of esters is 1. The van der Waals surface area contributed by atoms with Crippen molar-refractivity contribution in [3.8, 4) is 22.0 Å². The highest BCUT2D eigenvalue weighted by atomic mass is 32.1. The molecule has 1 saturated carbocycles. The Labute approximate surface area is 259 Å². The molecule has 1 aliphatic carbocycles. The highest BCUT2D eigenvalue weighted by Crippen LogP contribution is 2.34. The first-order valence-electron chi connectivity index (χ1n) is 14.1. The predicted octanol–water partition coefficient (Wildman–Crippen LogP) is 3.62. The van der Waals surface area contributed by atoms with E-state index in [0.29, 0.717) is 17.2 Å². The van der Waals surface area contributed by atoms with Gasteiger partial charge in [0, 0.05) is 29.9 Å². The lowest BCUT2D eigenvalue weighted by atomic mass is 9.93. The second kappa shape index (κ2) is 14.0. The van der Waals surface area contributed by atoms with Gasteiger partial charge < -0.3 is 25.6 Å². The molecule has 4 aromatic rings. The minimum absolute atomic E-state index is 0.0112. The van der Waals surface area contributed by atoms with E-state index in [2.05, 4.69) is 25.5 Å². The lowest BCUT2D eigenvalue weighted by Gasteiger charge is -2.28. The Morgan fingerprint density at radius 3 is 2.67 bits per heavy atom. The fourth-order valence-electron chi connectivity index (χ4n) is 4.85. The second-order valence-corrected chi connectivity index (χ2v) is 11.1. The predicted molar refractivity (Wildman–Crippen MR) is 156 cm³/mol.